The molecule has 0 heterocycles. The molecule has 0 saturated carbocycles. The number of alkyl halides is 2. The first kappa shape index (κ1) is 22.4. The number of rotatable bonds is 7. The van der Waals surface area contributed by atoms with Crippen LogP contribution < -0.4 is 0 Å². The summed E-state index contributed by atoms with van der Waals surface area (Å²) in [6, 6.07) is 6.44. The molecule has 0 spiro atoms. The van der Waals surface area contributed by atoms with Gasteiger partial charge >= 0.3 is 11.9 Å². The summed E-state index contributed by atoms with van der Waals surface area (Å²) in [5, 5.41) is 8.04. The number of carbonyl (C=O) groups is 2. The SMILES string of the molecule is CCOC(=O)c1ccccc1C(=O)OCC.OCCC(F)(F)CP. The van der Waals surface area contributed by atoms with E-state index in [9.17, 15) is 18.4 Å². The minimum Gasteiger partial charge on any atom is -0.462 e. The third-order valence-corrected chi connectivity index (χ3v) is 3.29. The topological polar surface area (TPSA) is 72.8 Å². The van der Waals surface area contributed by atoms with Crippen LogP contribution in [0.3, 0.4) is 0 Å². The van der Waals surface area contributed by atoms with Gasteiger partial charge in [0, 0.05) is 19.2 Å². The summed E-state index contributed by atoms with van der Waals surface area (Å²) >= 11 is 0. The number of esters is 2. The molecule has 0 aliphatic rings. The molecule has 1 N–H and O–H groups in total. The fourth-order valence-electron chi connectivity index (χ4n) is 1.52. The van der Waals surface area contributed by atoms with Crippen molar-refractivity contribution in [2.45, 2.75) is 26.2 Å². The van der Waals surface area contributed by atoms with Crippen molar-refractivity contribution in [1.29, 1.82) is 0 Å². The van der Waals surface area contributed by atoms with Crippen molar-refractivity contribution in [3.8, 4) is 0 Å². The van der Waals surface area contributed by atoms with E-state index >= 15 is 0 Å². The average Bonchev–Trinajstić information content (AvgIpc) is 2.56. The Hall–Kier alpha value is -1.59. The van der Waals surface area contributed by atoms with E-state index in [1.807, 2.05) is 9.24 Å². The van der Waals surface area contributed by atoms with Crippen LogP contribution in [0.15, 0.2) is 24.3 Å². The quantitative estimate of drug-likeness (QED) is 0.595. The molecule has 1 aromatic rings. The molecule has 1 atom stereocenters. The third-order valence-electron chi connectivity index (χ3n) is 2.69. The maximum Gasteiger partial charge on any atom is 0.338 e. The third kappa shape index (κ3) is 8.31. The van der Waals surface area contributed by atoms with Crippen LogP contribution in [0.4, 0.5) is 8.78 Å². The Morgan fingerprint density at radius 1 is 1.08 bits per heavy atom. The summed E-state index contributed by atoms with van der Waals surface area (Å²) in [5.41, 5.74) is 0.477. The van der Waals surface area contributed by atoms with Gasteiger partial charge in [-0.2, -0.15) is 0 Å². The van der Waals surface area contributed by atoms with Gasteiger partial charge in [-0.3, -0.25) is 0 Å². The van der Waals surface area contributed by atoms with Crippen LogP contribution in [0.25, 0.3) is 0 Å². The molecule has 0 bridgehead atoms. The van der Waals surface area contributed by atoms with Crippen LogP contribution in [0, 0.1) is 0 Å². The van der Waals surface area contributed by atoms with Crippen molar-refractivity contribution < 1.29 is 33.0 Å². The molecule has 0 radical (unpaired) electrons. The molecule has 0 aliphatic heterocycles. The molecule has 0 aliphatic carbocycles. The van der Waals surface area contributed by atoms with Gasteiger partial charge in [0.05, 0.1) is 24.3 Å². The Morgan fingerprint density at radius 3 is 1.75 bits per heavy atom. The van der Waals surface area contributed by atoms with E-state index in [0.29, 0.717) is 0 Å². The minimum atomic E-state index is -2.70. The van der Waals surface area contributed by atoms with Gasteiger partial charge < -0.3 is 14.6 Å². The van der Waals surface area contributed by atoms with Crippen LogP contribution in [0.1, 0.15) is 41.0 Å². The van der Waals surface area contributed by atoms with E-state index < -0.39 is 30.9 Å². The zero-order chi connectivity index (χ0) is 18.6. The Balaban J connectivity index is 0.000000561. The molecule has 5 nitrogen and oxygen atoms in total. The average molecular weight is 364 g/mol. The zero-order valence-corrected chi connectivity index (χ0v) is 14.9. The van der Waals surface area contributed by atoms with Crippen molar-refractivity contribution in [2.75, 3.05) is 26.0 Å². The lowest BCUT2D eigenvalue weighted by molar-refractivity contribution is 0.00259. The first-order valence-electron chi connectivity index (χ1n) is 7.44. The van der Waals surface area contributed by atoms with Crippen LogP contribution >= 0.6 is 9.24 Å². The maximum absolute atomic E-state index is 12.0. The summed E-state index contributed by atoms with van der Waals surface area (Å²) in [4.78, 5) is 23.1. The molecule has 136 valence electrons. The second-order valence-corrected chi connectivity index (χ2v) is 4.93. The number of hydrogen-bond donors (Lipinski definition) is 1. The van der Waals surface area contributed by atoms with Gasteiger partial charge in [-0.25, -0.2) is 18.4 Å². The number of aliphatic hydroxyl groups excluding tert-OH is 1. The Kier molecular flexibility index (Phi) is 11.1. The van der Waals surface area contributed by atoms with Gasteiger partial charge in [-0.05, 0) is 26.0 Å². The van der Waals surface area contributed by atoms with E-state index in [1.54, 1.807) is 38.1 Å². The highest BCUT2D eigenvalue weighted by atomic mass is 31.0. The van der Waals surface area contributed by atoms with Gasteiger partial charge in [-0.15, -0.1) is 9.24 Å². The fourth-order valence-corrected chi connectivity index (χ4v) is 1.73. The maximum atomic E-state index is 12.0. The van der Waals surface area contributed by atoms with Crippen molar-refractivity contribution in [3.05, 3.63) is 35.4 Å². The fraction of sp³-hybridized carbons (Fsp3) is 0.500. The second-order valence-electron chi connectivity index (χ2n) is 4.52. The molecule has 0 aromatic heterocycles. The van der Waals surface area contributed by atoms with Gasteiger partial charge in [0.2, 0.25) is 0 Å². The van der Waals surface area contributed by atoms with Crippen LogP contribution in [0.5, 0.6) is 0 Å². The summed E-state index contributed by atoms with van der Waals surface area (Å²) in [6.07, 6.45) is -0.704. The normalized spacial score (nSPS) is 10.4. The zero-order valence-electron chi connectivity index (χ0n) is 13.8. The van der Waals surface area contributed by atoms with Crippen LogP contribution in [0.2, 0.25) is 0 Å². The standard InChI is InChI=1S/C12H14O4.C4H9F2OP/c1-3-15-11(13)9-7-5-6-8-10(9)12(14)16-4-2;5-4(6,3-8)1-2-7/h5-8H,3-4H2,1-2H3;7H,1-3,8H2. The summed E-state index contributed by atoms with van der Waals surface area (Å²) < 4.78 is 33.6. The molecular weight excluding hydrogens is 341 g/mol. The van der Waals surface area contributed by atoms with Crippen molar-refractivity contribution >= 4 is 21.2 Å². The van der Waals surface area contributed by atoms with Crippen molar-refractivity contribution in [3.63, 3.8) is 0 Å². The summed E-state index contributed by atoms with van der Waals surface area (Å²) in [6.45, 7) is 3.53. The molecule has 8 heteroatoms. The molecular formula is C16H23F2O5P. The first-order valence-corrected chi connectivity index (χ1v) is 8.26. The number of aliphatic hydroxyl groups is 1. The number of benzene rings is 1. The van der Waals surface area contributed by atoms with Crippen LogP contribution in [-0.2, 0) is 9.47 Å². The second kappa shape index (κ2) is 11.9. The molecule has 24 heavy (non-hydrogen) atoms. The van der Waals surface area contributed by atoms with Crippen LogP contribution in [-0.4, -0.2) is 49.0 Å². The highest BCUT2D eigenvalue weighted by Crippen LogP contribution is 2.19. The van der Waals surface area contributed by atoms with Gasteiger partial charge in [-0.1, -0.05) is 12.1 Å². The number of hydrogen-bond acceptors (Lipinski definition) is 5. The number of ether oxygens (including phenoxy) is 2. The lowest BCUT2D eigenvalue weighted by Gasteiger charge is -2.09. The highest BCUT2D eigenvalue weighted by Gasteiger charge is 2.24. The van der Waals surface area contributed by atoms with E-state index in [0.717, 1.165) is 0 Å². The Morgan fingerprint density at radius 2 is 1.50 bits per heavy atom. The lowest BCUT2D eigenvalue weighted by Crippen LogP contribution is -2.18. The number of halogens is 2. The first-order chi connectivity index (χ1) is 11.3. The molecule has 1 aromatic carbocycles. The van der Waals surface area contributed by atoms with E-state index in [2.05, 4.69) is 0 Å². The van der Waals surface area contributed by atoms with Gasteiger partial charge in [0.1, 0.15) is 0 Å². The molecule has 0 fully saturated rings. The molecule has 1 rings (SSSR count). The largest absolute Gasteiger partial charge is 0.462 e. The monoisotopic (exact) mass is 364 g/mol. The molecule has 1 unspecified atom stereocenters. The predicted molar refractivity (Wildman–Crippen MR) is 89.6 cm³/mol. The summed E-state index contributed by atoms with van der Waals surface area (Å²) in [5.74, 6) is -3.71. The van der Waals surface area contributed by atoms with Crippen molar-refractivity contribution in [2.24, 2.45) is 0 Å². The Bertz CT molecular complexity index is 486. The van der Waals surface area contributed by atoms with E-state index in [1.165, 1.54) is 0 Å². The lowest BCUT2D eigenvalue weighted by atomic mass is 10.1. The molecule has 0 saturated heterocycles. The molecule has 0 amide bonds. The number of carbonyl (C=O) groups excluding carboxylic acids is 2. The predicted octanol–water partition coefficient (Wildman–Crippen LogP) is 2.92. The van der Waals surface area contributed by atoms with Gasteiger partial charge in [0.25, 0.3) is 5.92 Å². The minimum absolute atomic E-state index is 0.239. The van der Waals surface area contributed by atoms with E-state index in [4.69, 9.17) is 14.6 Å². The smallest absolute Gasteiger partial charge is 0.338 e. The van der Waals surface area contributed by atoms with E-state index in [-0.39, 0.29) is 30.5 Å². The Labute approximate surface area is 142 Å². The van der Waals surface area contributed by atoms with Crippen molar-refractivity contribution in [1.82, 2.24) is 0 Å². The highest BCUT2D eigenvalue weighted by molar-refractivity contribution is 7.16. The summed E-state index contributed by atoms with van der Waals surface area (Å²) in [7, 11) is 1.94. The van der Waals surface area contributed by atoms with Gasteiger partial charge in [0.15, 0.2) is 0 Å².